The number of benzene rings is 1. The van der Waals surface area contributed by atoms with E-state index in [1.54, 1.807) is 16.4 Å². The molecule has 2 rings (SSSR count). The zero-order valence-electron chi connectivity index (χ0n) is 12.5. The molecular formula is C16H25NO2S. The first-order valence-electron chi connectivity index (χ1n) is 7.63. The van der Waals surface area contributed by atoms with Crippen molar-refractivity contribution in [1.82, 2.24) is 4.31 Å². The predicted molar refractivity (Wildman–Crippen MR) is 82.2 cm³/mol. The van der Waals surface area contributed by atoms with Gasteiger partial charge in [-0.05, 0) is 49.3 Å². The number of hydrogen-bond acceptors (Lipinski definition) is 2. The van der Waals surface area contributed by atoms with Gasteiger partial charge in [0, 0.05) is 13.1 Å². The predicted octanol–water partition coefficient (Wildman–Crippen LogP) is 3.45. The molecule has 4 heteroatoms. The molecule has 0 radical (unpaired) electrons. The molecule has 0 bridgehead atoms. The lowest BCUT2D eigenvalue weighted by atomic mass is 10.0. The van der Waals surface area contributed by atoms with Gasteiger partial charge in [0.05, 0.1) is 4.90 Å². The average Bonchev–Trinajstić information content (AvgIpc) is 2.45. The summed E-state index contributed by atoms with van der Waals surface area (Å²) in [6, 6.07) is 7.44. The van der Waals surface area contributed by atoms with Crippen LogP contribution in [0.5, 0.6) is 0 Å². The highest BCUT2D eigenvalue weighted by atomic mass is 32.2. The fourth-order valence-electron chi connectivity index (χ4n) is 2.72. The van der Waals surface area contributed by atoms with Gasteiger partial charge >= 0.3 is 0 Å². The Hall–Kier alpha value is -0.870. The van der Waals surface area contributed by atoms with Crippen LogP contribution < -0.4 is 0 Å². The van der Waals surface area contributed by atoms with Gasteiger partial charge in [-0.25, -0.2) is 8.42 Å². The van der Waals surface area contributed by atoms with Crippen molar-refractivity contribution in [2.24, 2.45) is 5.92 Å². The maximum atomic E-state index is 12.6. The fraction of sp³-hybridized carbons (Fsp3) is 0.625. The molecular weight excluding hydrogens is 270 g/mol. The monoisotopic (exact) mass is 295 g/mol. The Kier molecular flexibility index (Phi) is 5.22. The molecule has 1 atom stereocenters. The normalized spacial score (nSPS) is 21.0. The van der Waals surface area contributed by atoms with E-state index >= 15 is 0 Å². The maximum Gasteiger partial charge on any atom is 0.243 e. The number of hydrogen-bond donors (Lipinski definition) is 0. The summed E-state index contributed by atoms with van der Waals surface area (Å²) in [5.74, 6) is 0.461. The van der Waals surface area contributed by atoms with E-state index in [-0.39, 0.29) is 0 Å². The summed E-state index contributed by atoms with van der Waals surface area (Å²) in [5.41, 5.74) is 1.22. The van der Waals surface area contributed by atoms with Crippen molar-refractivity contribution in [1.29, 1.82) is 0 Å². The average molecular weight is 295 g/mol. The smallest absolute Gasteiger partial charge is 0.207 e. The molecule has 1 unspecified atom stereocenters. The lowest BCUT2D eigenvalue weighted by Crippen LogP contribution is -2.39. The molecule has 112 valence electrons. The van der Waals surface area contributed by atoms with Gasteiger partial charge in [0.2, 0.25) is 10.0 Å². The second kappa shape index (κ2) is 6.72. The largest absolute Gasteiger partial charge is 0.243 e. The quantitative estimate of drug-likeness (QED) is 0.834. The van der Waals surface area contributed by atoms with Crippen molar-refractivity contribution in [2.45, 2.75) is 50.8 Å². The van der Waals surface area contributed by atoms with Gasteiger partial charge in [-0.1, -0.05) is 32.4 Å². The highest BCUT2D eigenvalue weighted by Crippen LogP contribution is 2.23. The molecule has 0 aliphatic carbocycles. The third-order valence-electron chi connectivity index (χ3n) is 4.00. The van der Waals surface area contributed by atoms with Crippen LogP contribution in [0.2, 0.25) is 0 Å². The molecule has 1 heterocycles. The molecule has 1 aliphatic heterocycles. The second-order valence-corrected chi connectivity index (χ2v) is 7.80. The molecule has 3 nitrogen and oxygen atoms in total. The molecule has 1 saturated heterocycles. The molecule has 0 amide bonds. The van der Waals surface area contributed by atoms with Crippen LogP contribution in [0.3, 0.4) is 0 Å². The minimum atomic E-state index is -3.30. The van der Waals surface area contributed by atoms with Gasteiger partial charge < -0.3 is 0 Å². The number of piperidine rings is 1. The van der Waals surface area contributed by atoms with E-state index < -0.39 is 10.0 Å². The van der Waals surface area contributed by atoms with Crippen LogP contribution in [0.25, 0.3) is 0 Å². The van der Waals surface area contributed by atoms with Crippen LogP contribution in [0.1, 0.15) is 45.1 Å². The van der Waals surface area contributed by atoms with Gasteiger partial charge in [-0.15, -0.1) is 0 Å². The number of aryl methyl sites for hydroxylation is 1. The standard InChI is InChI=1S/C16H25NO2S/c1-3-4-7-15-8-10-16(11-9-15)20(18,19)17-12-5-6-14(2)13-17/h8-11,14H,3-7,12-13H2,1-2H3. The van der Waals surface area contributed by atoms with E-state index in [2.05, 4.69) is 13.8 Å². The molecule has 1 fully saturated rings. The highest BCUT2D eigenvalue weighted by molar-refractivity contribution is 7.89. The first-order valence-corrected chi connectivity index (χ1v) is 9.07. The Bertz CT molecular complexity index is 522. The van der Waals surface area contributed by atoms with Crippen LogP contribution in [0.4, 0.5) is 0 Å². The molecule has 0 N–H and O–H groups in total. The first kappa shape index (κ1) is 15.5. The fourth-order valence-corrected chi connectivity index (χ4v) is 4.32. The Morgan fingerprint density at radius 3 is 2.55 bits per heavy atom. The summed E-state index contributed by atoms with van der Waals surface area (Å²) in [6.45, 7) is 5.59. The molecule has 0 saturated carbocycles. The highest BCUT2D eigenvalue weighted by Gasteiger charge is 2.28. The Morgan fingerprint density at radius 1 is 1.25 bits per heavy atom. The summed E-state index contributed by atoms with van der Waals surface area (Å²) in [5, 5.41) is 0. The molecule has 1 aliphatic rings. The van der Waals surface area contributed by atoms with Crippen LogP contribution in [-0.4, -0.2) is 25.8 Å². The summed E-state index contributed by atoms with van der Waals surface area (Å²) in [7, 11) is -3.30. The van der Waals surface area contributed by atoms with Crippen molar-refractivity contribution in [3.8, 4) is 0 Å². The minimum absolute atomic E-state index is 0.437. The summed E-state index contributed by atoms with van der Waals surface area (Å²) < 4.78 is 26.8. The van der Waals surface area contributed by atoms with Gasteiger partial charge in [0.15, 0.2) is 0 Å². The first-order chi connectivity index (χ1) is 9.54. The zero-order valence-corrected chi connectivity index (χ0v) is 13.3. The van der Waals surface area contributed by atoms with E-state index in [0.717, 1.165) is 32.1 Å². The Morgan fingerprint density at radius 2 is 1.95 bits per heavy atom. The summed E-state index contributed by atoms with van der Waals surface area (Å²) in [4.78, 5) is 0.437. The van der Waals surface area contributed by atoms with Crippen molar-refractivity contribution >= 4 is 10.0 Å². The SMILES string of the molecule is CCCCc1ccc(S(=O)(=O)N2CCCC(C)C2)cc1. The molecule has 0 spiro atoms. The van der Waals surface area contributed by atoms with Gasteiger partial charge in [0.1, 0.15) is 0 Å². The number of nitrogens with zero attached hydrogens (tertiary/aromatic N) is 1. The number of rotatable bonds is 5. The lowest BCUT2D eigenvalue weighted by Gasteiger charge is -2.30. The van der Waals surface area contributed by atoms with Crippen LogP contribution in [0, 0.1) is 5.92 Å². The van der Waals surface area contributed by atoms with Gasteiger partial charge in [-0.2, -0.15) is 4.31 Å². The van der Waals surface area contributed by atoms with Crippen LogP contribution >= 0.6 is 0 Å². The topological polar surface area (TPSA) is 37.4 Å². The number of sulfonamides is 1. The summed E-state index contributed by atoms with van der Waals surface area (Å²) in [6.07, 6.45) is 5.43. The lowest BCUT2D eigenvalue weighted by molar-refractivity contribution is 0.281. The van der Waals surface area contributed by atoms with E-state index in [0.29, 0.717) is 23.9 Å². The van der Waals surface area contributed by atoms with E-state index in [1.165, 1.54) is 5.56 Å². The second-order valence-electron chi connectivity index (χ2n) is 5.86. The third-order valence-corrected chi connectivity index (χ3v) is 5.88. The van der Waals surface area contributed by atoms with Crippen molar-refractivity contribution in [3.05, 3.63) is 29.8 Å². The molecule has 20 heavy (non-hydrogen) atoms. The Balaban J connectivity index is 2.12. The van der Waals surface area contributed by atoms with Crippen LogP contribution in [0.15, 0.2) is 29.2 Å². The van der Waals surface area contributed by atoms with Gasteiger partial charge in [0.25, 0.3) is 0 Å². The molecule has 0 aromatic heterocycles. The maximum absolute atomic E-state index is 12.6. The van der Waals surface area contributed by atoms with E-state index in [9.17, 15) is 8.42 Å². The van der Waals surface area contributed by atoms with Crippen molar-refractivity contribution in [2.75, 3.05) is 13.1 Å². The van der Waals surface area contributed by atoms with Crippen molar-refractivity contribution < 1.29 is 8.42 Å². The zero-order chi connectivity index (χ0) is 14.6. The van der Waals surface area contributed by atoms with Gasteiger partial charge in [-0.3, -0.25) is 0 Å². The van der Waals surface area contributed by atoms with Crippen molar-refractivity contribution in [3.63, 3.8) is 0 Å². The molecule has 1 aromatic carbocycles. The molecule has 1 aromatic rings. The third kappa shape index (κ3) is 3.61. The minimum Gasteiger partial charge on any atom is -0.207 e. The van der Waals surface area contributed by atoms with Crippen LogP contribution in [-0.2, 0) is 16.4 Å². The van der Waals surface area contributed by atoms with E-state index in [1.807, 2.05) is 12.1 Å². The summed E-state index contributed by atoms with van der Waals surface area (Å²) >= 11 is 0. The number of unbranched alkanes of at least 4 members (excludes halogenated alkanes) is 1. The van der Waals surface area contributed by atoms with E-state index in [4.69, 9.17) is 0 Å². The Labute approximate surface area is 123 Å².